The van der Waals surface area contributed by atoms with E-state index in [-0.39, 0.29) is 11.1 Å². The van der Waals surface area contributed by atoms with Gasteiger partial charge in [-0.3, -0.25) is 9.36 Å². The molecule has 2 aromatic carbocycles. The molecule has 3 aromatic rings. The Morgan fingerprint density at radius 2 is 1.55 bits per heavy atom. The fourth-order valence-electron chi connectivity index (χ4n) is 3.41. The number of pyridine rings is 1. The average Bonchev–Trinajstić information content (AvgIpc) is 3.02. The zero-order valence-electron chi connectivity index (χ0n) is 16.7. The zero-order chi connectivity index (χ0) is 20.2. The Kier molecular flexibility index (Phi) is 5.72. The van der Waals surface area contributed by atoms with Gasteiger partial charge in [-0.15, -0.1) is 0 Å². The first kappa shape index (κ1) is 19.3. The maximum atomic E-state index is 12.9. The minimum Gasteiger partial charge on any atom is -0.341 e. The van der Waals surface area contributed by atoms with Crippen molar-refractivity contribution in [2.45, 2.75) is 25.9 Å². The Morgan fingerprint density at radius 3 is 2.24 bits per heavy atom. The lowest BCUT2D eigenvalue weighted by Crippen LogP contribution is -2.32. The molecule has 3 nitrogen and oxygen atoms in total. The smallest absolute Gasteiger partial charge is 0.253 e. The third-order valence-electron chi connectivity index (χ3n) is 5.16. The largest absolute Gasteiger partial charge is 0.341 e. The van der Waals surface area contributed by atoms with Crippen LogP contribution in [-0.4, -0.2) is 9.47 Å². The summed E-state index contributed by atoms with van der Waals surface area (Å²) in [5, 5.41) is 0. The normalized spacial score (nSPS) is 16.8. The van der Waals surface area contributed by atoms with Crippen molar-refractivity contribution in [2.75, 3.05) is 0 Å². The van der Waals surface area contributed by atoms with E-state index in [2.05, 4.69) is 43.0 Å². The van der Waals surface area contributed by atoms with Gasteiger partial charge in [0.1, 0.15) is 0 Å². The van der Waals surface area contributed by atoms with Crippen LogP contribution in [0.15, 0.2) is 94.4 Å². The van der Waals surface area contributed by atoms with Crippen LogP contribution in [0.1, 0.15) is 36.0 Å². The van der Waals surface area contributed by atoms with Gasteiger partial charge in [0.25, 0.3) is 5.56 Å². The molecule has 1 unspecified atom stereocenters. The van der Waals surface area contributed by atoms with E-state index in [4.69, 9.17) is 0 Å². The molecule has 2 heterocycles. The molecule has 0 fully saturated rings. The summed E-state index contributed by atoms with van der Waals surface area (Å²) in [4.78, 5) is 16.5. The molecule has 0 saturated heterocycles. The lowest BCUT2D eigenvalue weighted by Gasteiger charge is -2.29. The Labute approximate surface area is 176 Å². The Hall–Kier alpha value is -2.98. The van der Waals surface area contributed by atoms with Crippen LogP contribution in [0.25, 0.3) is 12.2 Å². The molecule has 1 aliphatic rings. The molecule has 0 amide bonds. The van der Waals surface area contributed by atoms with Crippen molar-refractivity contribution in [1.29, 1.82) is 0 Å². The van der Waals surface area contributed by atoms with E-state index >= 15 is 0 Å². The van der Waals surface area contributed by atoms with E-state index in [0.717, 1.165) is 17.7 Å². The molecule has 1 aromatic heterocycles. The molecule has 1 atom stereocenters. The maximum absolute atomic E-state index is 12.9. The molecule has 0 N–H and O–H groups in total. The number of hydrogen-bond donors (Lipinski definition) is 0. The van der Waals surface area contributed by atoms with Gasteiger partial charge < -0.3 is 4.90 Å². The molecule has 0 spiro atoms. The van der Waals surface area contributed by atoms with Gasteiger partial charge in [-0.1, -0.05) is 84.6 Å². The molecule has 29 heavy (non-hydrogen) atoms. The predicted molar refractivity (Wildman–Crippen MR) is 123 cm³/mol. The fraction of sp³-hybridized carbons (Fsp3) is 0.160. The average molecular weight is 401 g/mol. The van der Waals surface area contributed by atoms with Gasteiger partial charge in [-0.25, -0.2) is 0 Å². The zero-order valence-corrected chi connectivity index (χ0v) is 17.5. The van der Waals surface area contributed by atoms with Gasteiger partial charge in [0.2, 0.25) is 0 Å². The second-order valence-corrected chi connectivity index (χ2v) is 8.42. The molecule has 1 aliphatic heterocycles. The van der Waals surface area contributed by atoms with Crippen LogP contribution in [0.4, 0.5) is 0 Å². The molecular weight excluding hydrogens is 376 g/mol. The van der Waals surface area contributed by atoms with E-state index in [1.165, 1.54) is 16.2 Å². The van der Waals surface area contributed by atoms with Crippen LogP contribution in [0.3, 0.4) is 0 Å². The number of hydrogen-bond acceptors (Lipinski definition) is 3. The Bertz CT molecular complexity index is 1100. The highest BCUT2D eigenvalue weighted by atomic mass is 32.2. The van der Waals surface area contributed by atoms with Gasteiger partial charge in [0.15, 0.2) is 5.50 Å². The van der Waals surface area contributed by atoms with Gasteiger partial charge in [-0.05, 0) is 36.6 Å². The quantitative estimate of drug-likeness (QED) is 0.527. The second kappa shape index (κ2) is 8.58. The van der Waals surface area contributed by atoms with Crippen molar-refractivity contribution in [1.82, 2.24) is 9.47 Å². The van der Waals surface area contributed by atoms with Crippen molar-refractivity contribution in [3.05, 3.63) is 117 Å². The summed E-state index contributed by atoms with van der Waals surface area (Å²) in [7, 11) is 0. The van der Waals surface area contributed by atoms with Gasteiger partial charge >= 0.3 is 0 Å². The molecule has 4 rings (SSSR count). The Balaban J connectivity index is 1.58. The molecular formula is C25H24N2OS. The maximum Gasteiger partial charge on any atom is 0.253 e. The molecule has 4 heteroatoms. The lowest BCUT2D eigenvalue weighted by atomic mass is 10.1. The van der Waals surface area contributed by atoms with Crippen LogP contribution in [0, 0.1) is 0 Å². The number of benzene rings is 2. The highest BCUT2D eigenvalue weighted by Gasteiger charge is 2.30. The molecule has 0 saturated carbocycles. The number of rotatable bonds is 5. The van der Waals surface area contributed by atoms with Crippen molar-refractivity contribution in [2.24, 2.45) is 0 Å². The molecule has 0 aliphatic carbocycles. The van der Waals surface area contributed by atoms with E-state index in [0.29, 0.717) is 0 Å². The van der Waals surface area contributed by atoms with Crippen LogP contribution < -0.4 is 5.56 Å². The van der Waals surface area contributed by atoms with E-state index < -0.39 is 0 Å². The van der Waals surface area contributed by atoms with Gasteiger partial charge in [0, 0.05) is 29.4 Å². The first-order valence-electron chi connectivity index (χ1n) is 9.72. The number of aromatic nitrogens is 1. The molecule has 0 bridgehead atoms. The van der Waals surface area contributed by atoms with Crippen LogP contribution in [0.2, 0.25) is 0 Å². The second-order valence-electron chi connectivity index (χ2n) is 7.15. The standard InChI is InChI=1S/C25H24N2OS/c1-19-20(2)29-25(27(19)18-23-11-7-4-8-12-23)26-16-15-22(17-24(26)28)14-13-21-9-5-3-6-10-21/h3-17,25H,18H2,1-2H3. The summed E-state index contributed by atoms with van der Waals surface area (Å²) in [5.74, 6) is 0. The number of allylic oxidation sites excluding steroid dienone is 2. The Morgan fingerprint density at radius 1 is 0.897 bits per heavy atom. The highest BCUT2D eigenvalue weighted by Crippen LogP contribution is 2.44. The first-order chi connectivity index (χ1) is 14.1. The minimum atomic E-state index is -0.0603. The lowest BCUT2D eigenvalue weighted by molar-refractivity contribution is 0.264. The summed E-state index contributed by atoms with van der Waals surface area (Å²) in [6, 6.07) is 24.2. The fourth-order valence-corrected chi connectivity index (χ4v) is 4.66. The van der Waals surface area contributed by atoms with Gasteiger partial charge in [0.05, 0.1) is 0 Å². The predicted octanol–water partition coefficient (Wildman–Crippen LogP) is 5.98. The van der Waals surface area contributed by atoms with Crippen LogP contribution in [0.5, 0.6) is 0 Å². The number of nitrogens with zero attached hydrogens (tertiary/aromatic N) is 2. The van der Waals surface area contributed by atoms with Crippen molar-refractivity contribution in [3.63, 3.8) is 0 Å². The van der Waals surface area contributed by atoms with Crippen molar-refractivity contribution in [3.8, 4) is 0 Å². The van der Waals surface area contributed by atoms with Crippen LogP contribution in [-0.2, 0) is 6.54 Å². The minimum absolute atomic E-state index is 0.0123. The summed E-state index contributed by atoms with van der Waals surface area (Å²) >= 11 is 1.73. The van der Waals surface area contributed by atoms with E-state index in [9.17, 15) is 4.79 Å². The van der Waals surface area contributed by atoms with E-state index in [1.54, 1.807) is 17.8 Å². The summed E-state index contributed by atoms with van der Waals surface area (Å²) < 4.78 is 1.83. The SMILES string of the molecule is CC1=C(C)N(Cc2ccccc2)C(n2ccc(C=Cc3ccccc3)cc2=O)S1. The molecule has 0 radical (unpaired) electrons. The molecule has 146 valence electrons. The third-order valence-corrected chi connectivity index (χ3v) is 6.50. The van der Waals surface area contributed by atoms with Crippen molar-refractivity contribution >= 4 is 23.9 Å². The van der Waals surface area contributed by atoms with E-state index in [1.807, 2.05) is 65.4 Å². The van der Waals surface area contributed by atoms with Crippen LogP contribution >= 0.6 is 11.8 Å². The number of thioether (sulfide) groups is 1. The third kappa shape index (κ3) is 4.38. The highest BCUT2D eigenvalue weighted by molar-refractivity contribution is 8.03. The first-order valence-corrected chi connectivity index (χ1v) is 10.6. The summed E-state index contributed by atoms with van der Waals surface area (Å²) in [5.41, 5.74) is 4.45. The van der Waals surface area contributed by atoms with Gasteiger partial charge in [-0.2, -0.15) is 0 Å². The monoisotopic (exact) mass is 400 g/mol. The topological polar surface area (TPSA) is 25.2 Å². The summed E-state index contributed by atoms with van der Waals surface area (Å²) in [6.07, 6.45) is 5.93. The van der Waals surface area contributed by atoms with Crippen molar-refractivity contribution < 1.29 is 0 Å². The summed E-state index contributed by atoms with van der Waals surface area (Å²) in [6.45, 7) is 5.04.